The number of carbonyl (C=O) groups is 1. The Morgan fingerprint density at radius 1 is 1.30 bits per heavy atom. The molecule has 144 valence electrons. The zero-order chi connectivity index (χ0) is 19.0. The van der Waals surface area contributed by atoms with Crippen LogP contribution in [-0.4, -0.2) is 40.6 Å². The standard InChI is InChI=1S/C22H29N3O2/c1-4-12-25-16(2)14-23-20(25)17-9-13-24(15-17)21(26)22(10-11-22)18-5-7-19(27-3)8-6-18/h5-8,14,17H,4,9-13,15H2,1-3H3. The van der Waals surface area contributed by atoms with E-state index in [0.29, 0.717) is 11.8 Å². The number of nitrogens with zero attached hydrogens (tertiary/aromatic N) is 3. The van der Waals surface area contributed by atoms with Crippen LogP contribution in [0.3, 0.4) is 0 Å². The third-order valence-corrected chi connectivity index (χ3v) is 6.18. The van der Waals surface area contributed by atoms with Crippen LogP contribution in [0.2, 0.25) is 0 Å². The van der Waals surface area contributed by atoms with E-state index in [-0.39, 0.29) is 5.41 Å². The molecule has 27 heavy (non-hydrogen) atoms. The Morgan fingerprint density at radius 3 is 2.67 bits per heavy atom. The first kappa shape index (κ1) is 18.1. The number of likely N-dealkylation sites (tertiary alicyclic amines) is 1. The van der Waals surface area contributed by atoms with Crippen molar-refractivity contribution in [2.24, 2.45) is 0 Å². The third-order valence-electron chi connectivity index (χ3n) is 6.18. The van der Waals surface area contributed by atoms with E-state index in [1.165, 1.54) is 5.69 Å². The molecule has 0 N–H and O–H groups in total. The van der Waals surface area contributed by atoms with E-state index >= 15 is 0 Å². The minimum absolute atomic E-state index is 0.292. The smallest absolute Gasteiger partial charge is 0.233 e. The minimum Gasteiger partial charge on any atom is -0.497 e. The van der Waals surface area contributed by atoms with Gasteiger partial charge in [0, 0.05) is 37.4 Å². The highest BCUT2D eigenvalue weighted by atomic mass is 16.5. The summed E-state index contributed by atoms with van der Waals surface area (Å²) in [5.41, 5.74) is 2.03. The number of imidazole rings is 1. The van der Waals surface area contributed by atoms with Crippen molar-refractivity contribution in [2.75, 3.05) is 20.2 Å². The van der Waals surface area contributed by atoms with Gasteiger partial charge in [0.2, 0.25) is 5.91 Å². The second-order valence-electron chi connectivity index (χ2n) is 7.96. The third kappa shape index (κ3) is 3.13. The fraction of sp³-hybridized carbons (Fsp3) is 0.545. The van der Waals surface area contributed by atoms with Crippen molar-refractivity contribution in [3.8, 4) is 5.75 Å². The lowest BCUT2D eigenvalue weighted by molar-refractivity contribution is -0.132. The zero-order valence-corrected chi connectivity index (χ0v) is 16.6. The normalized spacial score (nSPS) is 20.7. The number of hydrogen-bond donors (Lipinski definition) is 0. The average molecular weight is 367 g/mol. The molecular formula is C22H29N3O2. The molecule has 0 bridgehead atoms. The first-order chi connectivity index (χ1) is 13.1. The lowest BCUT2D eigenvalue weighted by atomic mass is 9.94. The molecule has 1 unspecified atom stereocenters. The van der Waals surface area contributed by atoms with E-state index in [2.05, 4.69) is 40.4 Å². The first-order valence-electron chi connectivity index (χ1n) is 10.0. The summed E-state index contributed by atoms with van der Waals surface area (Å²) >= 11 is 0. The Kier molecular flexibility index (Phi) is 4.70. The van der Waals surface area contributed by atoms with Crippen molar-refractivity contribution < 1.29 is 9.53 Å². The maximum absolute atomic E-state index is 13.3. The Labute approximate surface area is 161 Å². The molecule has 4 rings (SSSR count). The van der Waals surface area contributed by atoms with Gasteiger partial charge in [-0.1, -0.05) is 19.1 Å². The molecule has 1 saturated heterocycles. The molecule has 1 aliphatic carbocycles. The van der Waals surface area contributed by atoms with Gasteiger partial charge in [0.05, 0.1) is 12.5 Å². The Bertz CT molecular complexity index is 821. The van der Waals surface area contributed by atoms with Crippen molar-refractivity contribution in [1.29, 1.82) is 0 Å². The van der Waals surface area contributed by atoms with Gasteiger partial charge in [-0.05, 0) is 50.3 Å². The van der Waals surface area contributed by atoms with Crippen molar-refractivity contribution in [1.82, 2.24) is 14.5 Å². The minimum atomic E-state index is -0.310. The summed E-state index contributed by atoms with van der Waals surface area (Å²) in [6.07, 6.45) is 5.96. The Hall–Kier alpha value is -2.30. The van der Waals surface area contributed by atoms with Gasteiger partial charge in [-0.3, -0.25) is 4.79 Å². The van der Waals surface area contributed by atoms with E-state index in [4.69, 9.17) is 4.74 Å². The van der Waals surface area contributed by atoms with Gasteiger partial charge >= 0.3 is 0 Å². The molecule has 2 fully saturated rings. The van der Waals surface area contributed by atoms with Crippen LogP contribution >= 0.6 is 0 Å². The molecule has 5 heteroatoms. The zero-order valence-electron chi connectivity index (χ0n) is 16.6. The summed E-state index contributed by atoms with van der Waals surface area (Å²) in [7, 11) is 1.67. The van der Waals surface area contributed by atoms with E-state index in [0.717, 1.165) is 62.5 Å². The molecule has 1 atom stereocenters. The van der Waals surface area contributed by atoms with Crippen LogP contribution in [0.15, 0.2) is 30.5 Å². The quantitative estimate of drug-likeness (QED) is 0.783. The molecule has 1 aromatic carbocycles. The van der Waals surface area contributed by atoms with Crippen LogP contribution in [-0.2, 0) is 16.8 Å². The van der Waals surface area contributed by atoms with Crippen LogP contribution < -0.4 is 4.74 Å². The predicted octanol–water partition coefficient (Wildman–Crippen LogP) is 3.66. The number of aromatic nitrogens is 2. The molecule has 1 aromatic heterocycles. The summed E-state index contributed by atoms with van der Waals surface area (Å²) in [4.78, 5) is 20.1. The summed E-state index contributed by atoms with van der Waals surface area (Å²) in [5, 5.41) is 0. The number of rotatable bonds is 6. The summed E-state index contributed by atoms with van der Waals surface area (Å²) in [5.74, 6) is 2.63. The van der Waals surface area contributed by atoms with Crippen LogP contribution in [0.4, 0.5) is 0 Å². The van der Waals surface area contributed by atoms with Crippen LogP contribution in [0.1, 0.15) is 55.6 Å². The van der Waals surface area contributed by atoms with Gasteiger partial charge in [-0.15, -0.1) is 0 Å². The van der Waals surface area contributed by atoms with Gasteiger partial charge in [-0.25, -0.2) is 4.98 Å². The molecule has 5 nitrogen and oxygen atoms in total. The first-order valence-corrected chi connectivity index (χ1v) is 10.0. The monoisotopic (exact) mass is 367 g/mol. The maximum Gasteiger partial charge on any atom is 0.233 e. The van der Waals surface area contributed by atoms with Crippen LogP contribution in [0.25, 0.3) is 0 Å². The second kappa shape index (κ2) is 7.02. The van der Waals surface area contributed by atoms with Gasteiger partial charge in [0.15, 0.2) is 0 Å². The number of ether oxygens (including phenoxy) is 1. The predicted molar refractivity (Wildman–Crippen MR) is 105 cm³/mol. The average Bonchev–Trinajstić information content (AvgIpc) is 3.22. The van der Waals surface area contributed by atoms with Gasteiger partial charge < -0.3 is 14.2 Å². The molecular weight excluding hydrogens is 338 g/mol. The highest BCUT2D eigenvalue weighted by molar-refractivity contribution is 5.91. The van der Waals surface area contributed by atoms with E-state index in [1.807, 2.05) is 18.3 Å². The van der Waals surface area contributed by atoms with Crippen molar-refractivity contribution >= 4 is 5.91 Å². The molecule has 2 aromatic rings. The van der Waals surface area contributed by atoms with Crippen molar-refractivity contribution in [2.45, 2.75) is 57.4 Å². The van der Waals surface area contributed by atoms with E-state index < -0.39 is 0 Å². The largest absolute Gasteiger partial charge is 0.497 e. The molecule has 0 spiro atoms. The molecule has 0 radical (unpaired) electrons. The number of amides is 1. The number of carbonyl (C=O) groups excluding carboxylic acids is 1. The fourth-order valence-electron chi connectivity index (χ4n) is 4.44. The SMILES string of the molecule is CCCn1c(C)cnc1C1CCN(C(=O)C2(c3ccc(OC)cc3)CC2)C1. The molecule has 2 heterocycles. The van der Waals surface area contributed by atoms with E-state index in [9.17, 15) is 4.79 Å². The second-order valence-corrected chi connectivity index (χ2v) is 7.96. The lowest BCUT2D eigenvalue weighted by Gasteiger charge is -2.24. The fourth-order valence-corrected chi connectivity index (χ4v) is 4.44. The van der Waals surface area contributed by atoms with Crippen LogP contribution in [0, 0.1) is 6.92 Å². The van der Waals surface area contributed by atoms with Crippen molar-refractivity contribution in [3.63, 3.8) is 0 Å². The molecule has 1 aliphatic heterocycles. The summed E-state index contributed by atoms with van der Waals surface area (Å²) < 4.78 is 7.58. The van der Waals surface area contributed by atoms with Gasteiger partial charge in [-0.2, -0.15) is 0 Å². The van der Waals surface area contributed by atoms with Crippen LogP contribution in [0.5, 0.6) is 5.75 Å². The Balaban J connectivity index is 1.49. The maximum atomic E-state index is 13.3. The van der Waals surface area contributed by atoms with E-state index in [1.54, 1.807) is 7.11 Å². The molecule has 1 amide bonds. The number of aryl methyl sites for hydroxylation is 1. The van der Waals surface area contributed by atoms with Crippen molar-refractivity contribution in [3.05, 3.63) is 47.5 Å². The summed E-state index contributed by atoms with van der Waals surface area (Å²) in [6.45, 7) is 6.93. The lowest BCUT2D eigenvalue weighted by Crippen LogP contribution is -2.37. The van der Waals surface area contributed by atoms with Gasteiger partial charge in [0.1, 0.15) is 11.6 Å². The molecule has 2 aliphatic rings. The number of methoxy groups -OCH3 is 1. The number of hydrogen-bond acceptors (Lipinski definition) is 3. The number of benzene rings is 1. The Morgan fingerprint density at radius 2 is 2.04 bits per heavy atom. The summed E-state index contributed by atoms with van der Waals surface area (Å²) in [6, 6.07) is 8.02. The van der Waals surface area contributed by atoms with Gasteiger partial charge in [0.25, 0.3) is 0 Å². The molecule has 1 saturated carbocycles. The highest BCUT2D eigenvalue weighted by Crippen LogP contribution is 2.50. The highest BCUT2D eigenvalue weighted by Gasteiger charge is 2.53. The topological polar surface area (TPSA) is 47.4 Å².